The number of benzene rings is 2. The molecule has 0 amide bonds. The van der Waals surface area contributed by atoms with Crippen LogP contribution in [0, 0.1) is 0 Å². The summed E-state index contributed by atoms with van der Waals surface area (Å²) >= 11 is 0. The van der Waals surface area contributed by atoms with Crippen LogP contribution >= 0.6 is 0 Å². The smallest absolute Gasteiger partial charge is 0.303 e. The van der Waals surface area contributed by atoms with Crippen LogP contribution in [0.15, 0.2) is 51.7 Å². The maximum Gasteiger partial charge on any atom is 0.303 e. The van der Waals surface area contributed by atoms with E-state index >= 15 is 0 Å². The lowest BCUT2D eigenvalue weighted by Crippen LogP contribution is -2.61. The fourth-order valence-corrected chi connectivity index (χ4v) is 3.81. The SMILES string of the molecule is COc1ccc(-c2cc(=O)c3c(O)cc(OC4OC(CO)C(O)C(O)C4OC(C)=O)cc3o2)cc1. The largest absolute Gasteiger partial charge is 0.507 e. The molecule has 0 spiro atoms. The second kappa shape index (κ2) is 9.92. The van der Waals surface area contributed by atoms with Gasteiger partial charge in [0, 0.05) is 30.7 Å². The number of esters is 1. The van der Waals surface area contributed by atoms with Crippen LogP contribution in [0.1, 0.15) is 6.92 Å². The van der Waals surface area contributed by atoms with Gasteiger partial charge in [-0.15, -0.1) is 0 Å². The van der Waals surface area contributed by atoms with Crippen molar-refractivity contribution in [2.75, 3.05) is 13.7 Å². The van der Waals surface area contributed by atoms with Gasteiger partial charge in [0.1, 0.15) is 52.3 Å². The van der Waals surface area contributed by atoms with Crippen molar-refractivity contribution in [1.29, 1.82) is 0 Å². The molecule has 5 unspecified atom stereocenters. The third kappa shape index (κ3) is 4.93. The van der Waals surface area contributed by atoms with Gasteiger partial charge in [-0.05, 0) is 24.3 Å². The second-order valence-electron chi connectivity index (χ2n) is 7.92. The molecule has 0 bridgehead atoms. The molecule has 186 valence electrons. The van der Waals surface area contributed by atoms with Gasteiger partial charge in [-0.3, -0.25) is 9.59 Å². The van der Waals surface area contributed by atoms with Gasteiger partial charge >= 0.3 is 5.97 Å². The van der Waals surface area contributed by atoms with Crippen molar-refractivity contribution in [1.82, 2.24) is 0 Å². The van der Waals surface area contributed by atoms with Crippen LogP contribution in [0.5, 0.6) is 17.2 Å². The summed E-state index contributed by atoms with van der Waals surface area (Å²) in [4.78, 5) is 24.2. The molecule has 3 aromatic rings. The Morgan fingerprint density at radius 2 is 1.77 bits per heavy atom. The molecule has 11 heteroatoms. The van der Waals surface area contributed by atoms with Crippen LogP contribution in [0.3, 0.4) is 0 Å². The van der Waals surface area contributed by atoms with Gasteiger partial charge in [0.25, 0.3) is 0 Å². The van der Waals surface area contributed by atoms with Crippen molar-refractivity contribution < 1.29 is 48.6 Å². The summed E-state index contributed by atoms with van der Waals surface area (Å²) in [6.07, 6.45) is -7.29. The molecule has 5 atom stereocenters. The van der Waals surface area contributed by atoms with E-state index in [4.69, 9.17) is 23.4 Å². The van der Waals surface area contributed by atoms with Crippen molar-refractivity contribution >= 4 is 16.9 Å². The van der Waals surface area contributed by atoms with Gasteiger partial charge in [0.2, 0.25) is 6.29 Å². The number of aliphatic hydroxyl groups excluding tert-OH is 3. The highest BCUT2D eigenvalue weighted by atomic mass is 16.7. The van der Waals surface area contributed by atoms with E-state index in [2.05, 4.69) is 0 Å². The van der Waals surface area contributed by atoms with E-state index in [1.54, 1.807) is 24.3 Å². The number of aromatic hydroxyl groups is 1. The van der Waals surface area contributed by atoms with E-state index in [-0.39, 0.29) is 22.5 Å². The predicted octanol–water partition coefficient (Wildman–Crippen LogP) is 0.924. The lowest BCUT2D eigenvalue weighted by Gasteiger charge is -2.41. The maximum atomic E-state index is 12.7. The Kier molecular flexibility index (Phi) is 6.94. The number of hydrogen-bond donors (Lipinski definition) is 4. The first-order valence-electron chi connectivity index (χ1n) is 10.6. The summed E-state index contributed by atoms with van der Waals surface area (Å²) < 4.78 is 27.2. The monoisotopic (exact) mass is 488 g/mol. The molecule has 1 aromatic heterocycles. The van der Waals surface area contributed by atoms with Crippen molar-refractivity contribution in [3.63, 3.8) is 0 Å². The topological polar surface area (TPSA) is 165 Å². The predicted molar refractivity (Wildman–Crippen MR) is 120 cm³/mol. The van der Waals surface area contributed by atoms with Crippen LogP contribution < -0.4 is 14.9 Å². The zero-order valence-electron chi connectivity index (χ0n) is 18.8. The minimum Gasteiger partial charge on any atom is -0.507 e. The van der Waals surface area contributed by atoms with Gasteiger partial charge < -0.3 is 43.8 Å². The first-order valence-corrected chi connectivity index (χ1v) is 10.6. The quantitative estimate of drug-likeness (QED) is 0.365. The summed E-state index contributed by atoms with van der Waals surface area (Å²) in [7, 11) is 1.53. The molecule has 2 heterocycles. The molecule has 35 heavy (non-hydrogen) atoms. The Balaban J connectivity index is 1.71. The van der Waals surface area contributed by atoms with Gasteiger partial charge in [-0.2, -0.15) is 0 Å². The molecular formula is C24H24O11. The molecule has 1 aliphatic rings. The van der Waals surface area contributed by atoms with Gasteiger partial charge in [0.05, 0.1) is 13.7 Å². The van der Waals surface area contributed by atoms with Crippen molar-refractivity contribution in [2.24, 2.45) is 0 Å². The van der Waals surface area contributed by atoms with Gasteiger partial charge in [-0.25, -0.2) is 0 Å². The average Bonchev–Trinajstić information content (AvgIpc) is 2.83. The summed E-state index contributed by atoms with van der Waals surface area (Å²) in [6.45, 7) is 0.458. The van der Waals surface area contributed by atoms with Crippen molar-refractivity contribution in [3.05, 3.63) is 52.7 Å². The number of phenols is 1. The zero-order valence-corrected chi connectivity index (χ0v) is 18.8. The Labute approximate surface area is 198 Å². The number of rotatable bonds is 6. The molecule has 1 aliphatic heterocycles. The minimum absolute atomic E-state index is 0.00236. The van der Waals surface area contributed by atoms with Gasteiger partial charge in [-0.1, -0.05) is 0 Å². The summed E-state index contributed by atoms with van der Waals surface area (Å²) in [6, 6.07) is 10.5. The van der Waals surface area contributed by atoms with E-state index in [0.717, 1.165) is 13.0 Å². The molecule has 11 nitrogen and oxygen atoms in total. The Hall–Kier alpha value is -3.64. The first kappa shape index (κ1) is 24.5. The van der Waals surface area contributed by atoms with Crippen molar-refractivity contribution in [2.45, 2.75) is 37.6 Å². The van der Waals surface area contributed by atoms with Crippen LogP contribution in [0.25, 0.3) is 22.3 Å². The number of methoxy groups -OCH3 is 1. The molecule has 0 radical (unpaired) electrons. The number of carbonyl (C=O) groups is 1. The highest BCUT2D eigenvalue weighted by Gasteiger charge is 2.47. The molecule has 0 saturated carbocycles. The molecule has 4 N–H and O–H groups in total. The molecule has 0 aliphatic carbocycles. The highest BCUT2D eigenvalue weighted by Crippen LogP contribution is 2.34. The lowest BCUT2D eigenvalue weighted by molar-refractivity contribution is -0.281. The fourth-order valence-electron chi connectivity index (χ4n) is 3.81. The fraction of sp³-hybridized carbons (Fsp3) is 0.333. The second-order valence-corrected chi connectivity index (χ2v) is 7.92. The lowest BCUT2D eigenvalue weighted by atomic mass is 9.99. The third-order valence-corrected chi connectivity index (χ3v) is 5.54. The molecule has 1 saturated heterocycles. The summed E-state index contributed by atoms with van der Waals surface area (Å²) in [5.74, 6) is -0.405. The number of phenolic OH excluding ortho intramolecular Hbond substituents is 1. The molecule has 2 aromatic carbocycles. The average molecular weight is 488 g/mol. The molecular weight excluding hydrogens is 464 g/mol. The standard InChI is InChI=1S/C24H24O11/c1-11(26)32-23-22(30)21(29)19(10-25)35-24(23)33-14-7-15(27)20-16(28)9-17(34-18(20)8-14)12-3-5-13(31-2)6-4-12/h3-9,19,21-25,27,29-30H,10H2,1-2H3. The highest BCUT2D eigenvalue weighted by molar-refractivity contribution is 5.86. The molecule has 4 rings (SSSR count). The van der Waals surface area contributed by atoms with E-state index < -0.39 is 54.5 Å². The third-order valence-electron chi connectivity index (χ3n) is 5.54. The number of fused-ring (bicyclic) bond motifs is 1. The van der Waals surface area contributed by atoms with Crippen LogP contribution in [0.4, 0.5) is 0 Å². The van der Waals surface area contributed by atoms with E-state index in [9.17, 15) is 30.0 Å². The van der Waals surface area contributed by atoms with Gasteiger partial charge in [0.15, 0.2) is 11.5 Å². The minimum atomic E-state index is -1.62. The Morgan fingerprint density at radius 1 is 1.06 bits per heavy atom. The summed E-state index contributed by atoms with van der Waals surface area (Å²) in [5.41, 5.74) is 0.0909. The Morgan fingerprint density at radius 3 is 2.40 bits per heavy atom. The number of aliphatic hydroxyl groups is 3. The zero-order chi connectivity index (χ0) is 25.3. The summed E-state index contributed by atoms with van der Waals surface area (Å²) in [5, 5.41) is 40.4. The van der Waals surface area contributed by atoms with Crippen LogP contribution in [-0.2, 0) is 14.3 Å². The van der Waals surface area contributed by atoms with E-state index in [1.165, 1.54) is 19.2 Å². The Bertz CT molecular complexity index is 1270. The first-order chi connectivity index (χ1) is 16.7. The van der Waals surface area contributed by atoms with Crippen LogP contribution in [-0.4, -0.2) is 70.8 Å². The maximum absolute atomic E-state index is 12.7. The van der Waals surface area contributed by atoms with E-state index in [1.807, 2.05) is 0 Å². The van der Waals surface area contributed by atoms with Crippen LogP contribution in [0.2, 0.25) is 0 Å². The normalized spacial score (nSPS) is 24.2. The number of ether oxygens (including phenoxy) is 4. The van der Waals surface area contributed by atoms with Crippen molar-refractivity contribution in [3.8, 4) is 28.6 Å². The number of carbonyl (C=O) groups excluding carboxylic acids is 1. The number of hydrogen-bond acceptors (Lipinski definition) is 11. The molecule has 1 fully saturated rings. The van der Waals surface area contributed by atoms with E-state index in [0.29, 0.717) is 11.3 Å².